The number of ether oxygens (including phenoxy) is 1. The highest BCUT2D eigenvalue weighted by molar-refractivity contribution is 6.99. The molecule has 0 N–H and O–H groups in total. The summed E-state index contributed by atoms with van der Waals surface area (Å²) in [5, 5.41) is 4.59. The van der Waals surface area contributed by atoms with E-state index in [2.05, 4.69) is 13.9 Å². The summed E-state index contributed by atoms with van der Waals surface area (Å²) in [5.74, 6) is 0.825. The lowest BCUT2D eigenvalue weighted by Gasteiger charge is -2.16. The predicted molar refractivity (Wildman–Crippen MR) is 96.5 cm³/mol. The lowest BCUT2D eigenvalue weighted by Crippen LogP contribution is -2.31. The Hall–Kier alpha value is -2.45. The van der Waals surface area contributed by atoms with Crippen LogP contribution in [0, 0.1) is 6.92 Å². The minimum atomic E-state index is -0.138. The van der Waals surface area contributed by atoms with Gasteiger partial charge in [-0.25, -0.2) is 0 Å². The van der Waals surface area contributed by atoms with Crippen molar-refractivity contribution in [2.24, 2.45) is 0 Å². The van der Waals surface area contributed by atoms with Crippen molar-refractivity contribution in [3.8, 4) is 17.1 Å². The average Bonchev–Trinajstić information content (AvgIpc) is 3.37. The van der Waals surface area contributed by atoms with Crippen LogP contribution in [0.1, 0.15) is 22.5 Å². The molecule has 4 rings (SSSR count). The molecule has 134 valence electrons. The van der Waals surface area contributed by atoms with Crippen molar-refractivity contribution in [1.29, 1.82) is 0 Å². The molecule has 3 aromatic rings. The molecule has 2 aromatic heterocycles. The smallest absolute Gasteiger partial charge is 0.259 e. The van der Waals surface area contributed by atoms with Crippen molar-refractivity contribution in [2.75, 3.05) is 13.1 Å². The minimum Gasteiger partial charge on any atom is -0.471 e. The highest BCUT2D eigenvalue weighted by Crippen LogP contribution is 2.32. The molecule has 1 aliphatic rings. The number of halogens is 1. The third-order valence-electron chi connectivity index (χ3n) is 4.27. The van der Waals surface area contributed by atoms with Crippen LogP contribution < -0.4 is 4.74 Å². The molecule has 1 aromatic carbocycles. The fraction of sp³-hybridized carbons (Fsp3) is 0.294. The van der Waals surface area contributed by atoms with Crippen molar-refractivity contribution >= 4 is 29.2 Å². The number of amides is 1. The first kappa shape index (κ1) is 17.0. The highest BCUT2D eigenvalue weighted by atomic mass is 35.5. The van der Waals surface area contributed by atoms with Gasteiger partial charge in [0.15, 0.2) is 0 Å². The van der Waals surface area contributed by atoms with Crippen molar-refractivity contribution in [1.82, 2.24) is 18.8 Å². The third kappa shape index (κ3) is 3.17. The largest absolute Gasteiger partial charge is 0.471 e. The number of aromatic nitrogens is 3. The molecule has 0 saturated carbocycles. The first-order valence-electron chi connectivity index (χ1n) is 8.08. The zero-order valence-electron chi connectivity index (χ0n) is 13.9. The molecule has 1 unspecified atom stereocenters. The summed E-state index contributed by atoms with van der Waals surface area (Å²) >= 11 is 7.36. The van der Waals surface area contributed by atoms with E-state index in [1.54, 1.807) is 24.1 Å². The molecule has 1 saturated heterocycles. The maximum Gasteiger partial charge on any atom is 0.259 e. The number of carbonyl (C=O) groups excluding carboxylic acids is 1. The fourth-order valence-electron chi connectivity index (χ4n) is 3.01. The number of hydrogen-bond donors (Lipinski definition) is 0. The highest BCUT2D eigenvalue weighted by Gasteiger charge is 2.33. The summed E-state index contributed by atoms with van der Waals surface area (Å²) in [5.41, 5.74) is 1.58. The quantitative estimate of drug-likeness (QED) is 0.678. The molecule has 0 spiro atoms. The van der Waals surface area contributed by atoms with Gasteiger partial charge in [-0.05, 0) is 13.0 Å². The lowest BCUT2D eigenvalue weighted by atomic mass is 10.1. The Bertz CT molecular complexity index is 928. The number of aryl methyl sites for hydroxylation is 1. The van der Waals surface area contributed by atoms with Gasteiger partial charge in [-0.15, -0.1) is 4.37 Å². The number of nitrogens with zero attached hydrogens (tertiary/aromatic N) is 4. The Morgan fingerprint density at radius 2 is 2.27 bits per heavy atom. The van der Waals surface area contributed by atoms with E-state index < -0.39 is 0 Å². The SMILES string of the molecule is Cc1onc(-c2ccccc2Cl)c1C(=O)N1CCC(Oc2cnsn2)C1. The van der Waals surface area contributed by atoms with Crippen LogP contribution in [-0.2, 0) is 0 Å². The van der Waals surface area contributed by atoms with Gasteiger partial charge in [0.1, 0.15) is 29.3 Å². The van der Waals surface area contributed by atoms with Crippen LogP contribution in [0.15, 0.2) is 35.0 Å². The Morgan fingerprint density at radius 3 is 3.04 bits per heavy atom. The first-order valence-corrected chi connectivity index (χ1v) is 9.19. The van der Waals surface area contributed by atoms with E-state index in [0.29, 0.717) is 46.6 Å². The van der Waals surface area contributed by atoms with Crippen LogP contribution in [0.25, 0.3) is 11.3 Å². The van der Waals surface area contributed by atoms with E-state index in [1.807, 2.05) is 18.2 Å². The zero-order chi connectivity index (χ0) is 18.1. The van der Waals surface area contributed by atoms with Crippen LogP contribution in [0.3, 0.4) is 0 Å². The molecule has 9 heteroatoms. The summed E-state index contributed by atoms with van der Waals surface area (Å²) < 4.78 is 19.0. The Kier molecular flexibility index (Phi) is 4.60. The first-order chi connectivity index (χ1) is 12.6. The Balaban J connectivity index is 1.56. The second-order valence-corrected chi connectivity index (χ2v) is 6.93. The number of hydrogen-bond acceptors (Lipinski definition) is 7. The molecule has 0 aliphatic carbocycles. The third-order valence-corrected chi connectivity index (χ3v) is 5.06. The molecule has 3 heterocycles. The van der Waals surface area contributed by atoms with Gasteiger partial charge in [-0.3, -0.25) is 4.79 Å². The van der Waals surface area contributed by atoms with Crippen LogP contribution in [0.5, 0.6) is 5.88 Å². The number of rotatable bonds is 4. The fourth-order valence-corrected chi connectivity index (χ4v) is 3.59. The molecule has 26 heavy (non-hydrogen) atoms. The molecule has 1 fully saturated rings. The van der Waals surface area contributed by atoms with E-state index >= 15 is 0 Å². The monoisotopic (exact) mass is 390 g/mol. The van der Waals surface area contributed by atoms with Crippen molar-refractivity contribution in [3.63, 3.8) is 0 Å². The topological polar surface area (TPSA) is 81.4 Å². The van der Waals surface area contributed by atoms with Crippen LogP contribution >= 0.6 is 23.3 Å². The molecule has 0 bridgehead atoms. The standard InChI is InChI=1S/C17H15ClN4O3S/c1-10-15(16(20-25-10)12-4-2-3-5-13(12)18)17(23)22-7-6-11(9-22)24-14-8-19-26-21-14/h2-5,8,11H,6-7,9H2,1H3. The van der Waals surface area contributed by atoms with Gasteiger partial charge < -0.3 is 14.2 Å². The number of carbonyl (C=O) groups is 1. The molecule has 1 atom stereocenters. The lowest BCUT2D eigenvalue weighted by molar-refractivity contribution is 0.0770. The summed E-state index contributed by atoms with van der Waals surface area (Å²) in [7, 11) is 0. The molecular weight excluding hydrogens is 376 g/mol. The van der Waals surface area contributed by atoms with Crippen LogP contribution in [0.4, 0.5) is 0 Å². The van der Waals surface area contributed by atoms with Gasteiger partial charge in [-0.2, -0.15) is 4.37 Å². The van der Waals surface area contributed by atoms with Gasteiger partial charge in [0, 0.05) is 18.5 Å². The van der Waals surface area contributed by atoms with Gasteiger partial charge in [-0.1, -0.05) is 35.0 Å². The van der Waals surface area contributed by atoms with Gasteiger partial charge in [0.2, 0.25) is 5.88 Å². The van der Waals surface area contributed by atoms with Crippen molar-refractivity contribution < 1.29 is 14.1 Å². The summed E-state index contributed by atoms with van der Waals surface area (Å²) in [4.78, 5) is 14.8. The van der Waals surface area contributed by atoms with Crippen molar-refractivity contribution in [2.45, 2.75) is 19.4 Å². The number of benzene rings is 1. The molecule has 0 radical (unpaired) electrons. The predicted octanol–water partition coefficient (Wildman–Crippen LogP) is 3.45. The normalized spacial score (nSPS) is 16.8. The van der Waals surface area contributed by atoms with E-state index in [0.717, 1.165) is 18.1 Å². The van der Waals surface area contributed by atoms with Crippen LogP contribution in [-0.4, -0.2) is 43.9 Å². The van der Waals surface area contributed by atoms with E-state index in [-0.39, 0.29) is 12.0 Å². The average molecular weight is 391 g/mol. The summed E-state index contributed by atoms with van der Waals surface area (Å²) in [6.07, 6.45) is 2.20. The Morgan fingerprint density at radius 1 is 1.42 bits per heavy atom. The zero-order valence-corrected chi connectivity index (χ0v) is 15.5. The summed E-state index contributed by atoms with van der Waals surface area (Å²) in [6.45, 7) is 2.79. The van der Waals surface area contributed by atoms with E-state index in [1.165, 1.54) is 0 Å². The minimum absolute atomic E-state index is 0.105. The maximum atomic E-state index is 13.1. The van der Waals surface area contributed by atoms with Crippen LogP contribution in [0.2, 0.25) is 5.02 Å². The molecular formula is C17H15ClN4O3S. The molecule has 1 aliphatic heterocycles. The van der Waals surface area contributed by atoms with Gasteiger partial charge in [0.25, 0.3) is 5.91 Å². The van der Waals surface area contributed by atoms with Crippen molar-refractivity contribution in [3.05, 3.63) is 46.8 Å². The van der Waals surface area contributed by atoms with Gasteiger partial charge >= 0.3 is 0 Å². The molecule has 1 amide bonds. The van der Waals surface area contributed by atoms with E-state index in [4.69, 9.17) is 20.9 Å². The maximum absolute atomic E-state index is 13.1. The van der Waals surface area contributed by atoms with E-state index in [9.17, 15) is 4.79 Å². The van der Waals surface area contributed by atoms with Gasteiger partial charge in [0.05, 0.1) is 23.3 Å². The molecule has 7 nitrogen and oxygen atoms in total. The number of likely N-dealkylation sites (tertiary alicyclic amines) is 1. The summed E-state index contributed by atoms with van der Waals surface area (Å²) in [6, 6.07) is 7.26. The second kappa shape index (κ2) is 7.05. The second-order valence-electron chi connectivity index (χ2n) is 5.97. The Labute approximate surface area is 158 Å².